The molecular formula is C12H16BrN3O2. The third-order valence-corrected chi connectivity index (χ3v) is 4.28. The van der Waals surface area contributed by atoms with Crippen LogP contribution in [0.15, 0.2) is 10.7 Å². The number of amides is 1. The van der Waals surface area contributed by atoms with E-state index in [1.165, 1.54) is 19.3 Å². The van der Waals surface area contributed by atoms with E-state index in [1.54, 1.807) is 6.07 Å². The minimum Gasteiger partial charge on any atom is -0.370 e. The largest absolute Gasteiger partial charge is 0.370 e. The second-order valence-electron chi connectivity index (χ2n) is 5.13. The Balaban J connectivity index is 1.48. The van der Waals surface area contributed by atoms with Crippen molar-refractivity contribution >= 4 is 21.8 Å². The van der Waals surface area contributed by atoms with Gasteiger partial charge < -0.3 is 10.1 Å². The standard InChI is InChI=1S/C12H16BrN3O2/c13-10-6-9(15-16-10)11(17)14-7-8-2-5-12(18-8)3-1-4-12/h6,8H,1-5,7H2,(H,14,17)(H,15,16). The summed E-state index contributed by atoms with van der Waals surface area (Å²) in [5.74, 6) is -0.157. The smallest absolute Gasteiger partial charge is 0.271 e. The predicted octanol–water partition coefficient (Wildman–Crippen LogP) is 2.00. The van der Waals surface area contributed by atoms with Gasteiger partial charge in [-0.3, -0.25) is 9.89 Å². The van der Waals surface area contributed by atoms with Crippen LogP contribution in [-0.4, -0.2) is 34.4 Å². The van der Waals surface area contributed by atoms with Gasteiger partial charge in [0.05, 0.1) is 11.7 Å². The Labute approximate surface area is 114 Å². The molecule has 2 N–H and O–H groups in total. The maximum absolute atomic E-state index is 11.8. The van der Waals surface area contributed by atoms with Crippen molar-refractivity contribution in [1.29, 1.82) is 0 Å². The monoisotopic (exact) mass is 313 g/mol. The van der Waals surface area contributed by atoms with Gasteiger partial charge >= 0.3 is 0 Å². The first-order chi connectivity index (χ1) is 8.67. The molecule has 1 aromatic heterocycles. The highest BCUT2D eigenvalue weighted by molar-refractivity contribution is 9.10. The van der Waals surface area contributed by atoms with Gasteiger partial charge in [0, 0.05) is 12.6 Å². The van der Waals surface area contributed by atoms with Crippen LogP contribution in [0.25, 0.3) is 0 Å². The summed E-state index contributed by atoms with van der Waals surface area (Å²) in [5.41, 5.74) is 0.559. The number of aromatic nitrogens is 2. The minimum absolute atomic E-state index is 0.157. The van der Waals surface area contributed by atoms with E-state index in [0.29, 0.717) is 16.8 Å². The average Bonchev–Trinajstić information content (AvgIpc) is 2.91. The minimum atomic E-state index is -0.157. The summed E-state index contributed by atoms with van der Waals surface area (Å²) in [6.45, 7) is 0.574. The lowest BCUT2D eigenvalue weighted by atomic mass is 9.78. The van der Waals surface area contributed by atoms with E-state index in [1.807, 2.05) is 0 Å². The molecule has 0 bridgehead atoms. The van der Waals surface area contributed by atoms with Crippen molar-refractivity contribution in [3.8, 4) is 0 Å². The summed E-state index contributed by atoms with van der Waals surface area (Å²) in [4.78, 5) is 11.8. The first-order valence-corrected chi connectivity index (χ1v) is 7.13. The number of nitrogens with zero attached hydrogens (tertiary/aromatic N) is 1. The number of halogens is 1. The predicted molar refractivity (Wildman–Crippen MR) is 69.3 cm³/mol. The molecule has 1 saturated carbocycles. The molecule has 2 heterocycles. The Kier molecular flexibility index (Phi) is 3.15. The van der Waals surface area contributed by atoms with Crippen molar-refractivity contribution in [2.75, 3.05) is 6.54 Å². The number of hydrogen-bond donors (Lipinski definition) is 2. The van der Waals surface area contributed by atoms with Gasteiger partial charge in [-0.1, -0.05) is 0 Å². The summed E-state index contributed by atoms with van der Waals surface area (Å²) in [6, 6.07) is 1.66. The number of H-pyrrole nitrogens is 1. The fourth-order valence-electron chi connectivity index (χ4n) is 2.69. The Morgan fingerprint density at radius 1 is 1.61 bits per heavy atom. The van der Waals surface area contributed by atoms with E-state index in [4.69, 9.17) is 4.74 Å². The number of ether oxygens (including phenoxy) is 1. The highest BCUT2D eigenvalue weighted by Crippen LogP contribution is 2.45. The van der Waals surface area contributed by atoms with Crippen LogP contribution in [0.5, 0.6) is 0 Å². The third-order valence-electron chi connectivity index (χ3n) is 3.87. The zero-order valence-corrected chi connectivity index (χ0v) is 11.6. The molecule has 1 spiro atoms. The summed E-state index contributed by atoms with van der Waals surface area (Å²) < 4.78 is 6.73. The van der Waals surface area contributed by atoms with E-state index in [0.717, 1.165) is 12.8 Å². The van der Waals surface area contributed by atoms with E-state index >= 15 is 0 Å². The molecule has 1 unspecified atom stereocenters. The average molecular weight is 314 g/mol. The van der Waals surface area contributed by atoms with E-state index in [9.17, 15) is 4.79 Å². The maximum Gasteiger partial charge on any atom is 0.271 e. The van der Waals surface area contributed by atoms with Crippen LogP contribution in [0.1, 0.15) is 42.6 Å². The Bertz CT molecular complexity index is 456. The Morgan fingerprint density at radius 2 is 2.44 bits per heavy atom. The molecule has 3 rings (SSSR count). The number of nitrogens with one attached hydrogen (secondary N) is 2. The fraction of sp³-hybridized carbons (Fsp3) is 0.667. The molecule has 0 aromatic carbocycles. The third kappa shape index (κ3) is 2.31. The molecule has 18 heavy (non-hydrogen) atoms. The number of aromatic amines is 1. The topological polar surface area (TPSA) is 67.0 Å². The maximum atomic E-state index is 11.8. The molecular weight excluding hydrogens is 298 g/mol. The molecule has 1 aliphatic carbocycles. The Hall–Kier alpha value is -0.880. The summed E-state index contributed by atoms with van der Waals surface area (Å²) in [6.07, 6.45) is 6.00. The van der Waals surface area contributed by atoms with Gasteiger partial charge in [-0.05, 0) is 48.0 Å². The summed E-state index contributed by atoms with van der Waals surface area (Å²) in [5, 5.41) is 9.45. The van der Waals surface area contributed by atoms with Crippen LogP contribution in [0, 0.1) is 0 Å². The zero-order valence-electron chi connectivity index (χ0n) is 10.0. The molecule has 6 heteroatoms. The molecule has 2 fully saturated rings. The molecule has 2 aliphatic rings. The van der Waals surface area contributed by atoms with Crippen LogP contribution in [-0.2, 0) is 4.74 Å². The van der Waals surface area contributed by atoms with Gasteiger partial charge in [0.25, 0.3) is 5.91 Å². The molecule has 5 nitrogen and oxygen atoms in total. The van der Waals surface area contributed by atoms with Crippen molar-refractivity contribution < 1.29 is 9.53 Å². The van der Waals surface area contributed by atoms with Crippen LogP contribution in [0.2, 0.25) is 0 Å². The van der Waals surface area contributed by atoms with Crippen LogP contribution in [0.3, 0.4) is 0 Å². The second kappa shape index (κ2) is 4.66. The molecule has 1 atom stereocenters. The number of carbonyl (C=O) groups excluding carboxylic acids is 1. The fourth-order valence-corrected chi connectivity index (χ4v) is 3.00. The Morgan fingerprint density at radius 3 is 3.00 bits per heavy atom. The second-order valence-corrected chi connectivity index (χ2v) is 5.98. The van der Waals surface area contributed by atoms with Gasteiger partial charge in [-0.15, -0.1) is 0 Å². The van der Waals surface area contributed by atoms with E-state index in [-0.39, 0.29) is 17.6 Å². The van der Waals surface area contributed by atoms with Crippen LogP contribution in [0.4, 0.5) is 0 Å². The number of rotatable bonds is 3. The van der Waals surface area contributed by atoms with Gasteiger partial charge in [0.2, 0.25) is 0 Å². The number of carbonyl (C=O) groups is 1. The lowest BCUT2D eigenvalue weighted by molar-refractivity contribution is -0.0891. The zero-order chi connectivity index (χ0) is 12.6. The first kappa shape index (κ1) is 12.2. The van der Waals surface area contributed by atoms with Gasteiger partial charge in [-0.2, -0.15) is 5.10 Å². The molecule has 1 aliphatic heterocycles. The normalized spacial score (nSPS) is 25.1. The van der Waals surface area contributed by atoms with Crippen LogP contribution < -0.4 is 5.32 Å². The van der Waals surface area contributed by atoms with Crippen LogP contribution >= 0.6 is 15.9 Å². The van der Waals surface area contributed by atoms with Gasteiger partial charge in [0.15, 0.2) is 5.69 Å². The van der Waals surface area contributed by atoms with Crippen molar-refractivity contribution in [3.05, 3.63) is 16.4 Å². The van der Waals surface area contributed by atoms with Crippen molar-refractivity contribution in [1.82, 2.24) is 15.5 Å². The van der Waals surface area contributed by atoms with Gasteiger partial charge in [-0.25, -0.2) is 0 Å². The van der Waals surface area contributed by atoms with Gasteiger partial charge in [0.1, 0.15) is 4.60 Å². The van der Waals surface area contributed by atoms with Crippen molar-refractivity contribution in [3.63, 3.8) is 0 Å². The molecule has 0 radical (unpaired) electrons. The molecule has 1 aromatic rings. The number of hydrogen-bond acceptors (Lipinski definition) is 3. The SMILES string of the molecule is O=C(NCC1CCC2(CCC2)O1)c1cc(Br)[nH]n1. The van der Waals surface area contributed by atoms with Crippen molar-refractivity contribution in [2.45, 2.75) is 43.8 Å². The molecule has 1 amide bonds. The van der Waals surface area contributed by atoms with E-state index in [2.05, 4.69) is 31.4 Å². The molecule has 98 valence electrons. The molecule has 1 saturated heterocycles. The lowest BCUT2D eigenvalue weighted by Crippen LogP contribution is -2.39. The van der Waals surface area contributed by atoms with Crippen molar-refractivity contribution in [2.24, 2.45) is 0 Å². The quantitative estimate of drug-likeness (QED) is 0.897. The first-order valence-electron chi connectivity index (χ1n) is 6.34. The summed E-state index contributed by atoms with van der Waals surface area (Å²) >= 11 is 3.23. The highest BCUT2D eigenvalue weighted by Gasteiger charge is 2.44. The van der Waals surface area contributed by atoms with E-state index < -0.39 is 0 Å². The lowest BCUT2D eigenvalue weighted by Gasteiger charge is -2.37. The summed E-state index contributed by atoms with van der Waals surface area (Å²) in [7, 11) is 0. The highest BCUT2D eigenvalue weighted by atomic mass is 79.9.